The Bertz CT molecular complexity index is 1030. The first kappa shape index (κ1) is 24.1. The summed E-state index contributed by atoms with van der Waals surface area (Å²) in [5, 5.41) is 22.6. The molecule has 1 aromatic heterocycles. The van der Waals surface area contributed by atoms with Crippen molar-refractivity contribution in [2.24, 2.45) is 11.8 Å². The van der Waals surface area contributed by atoms with Crippen molar-refractivity contribution in [1.29, 1.82) is 0 Å². The van der Waals surface area contributed by atoms with E-state index in [1.807, 2.05) is 36.4 Å². The first-order valence-corrected chi connectivity index (χ1v) is 12.4. The van der Waals surface area contributed by atoms with Crippen LogP contribution in [0, 0.1) is 11.8 Å². The molecule has 178 valence electrons. The van der Waals surface area contributed by atoms with Crippen LogP contribution in [0.15, 0.2) is 48.6 Å². The van der Waals surface area contributed by atoms with Crippen molar-refractivity contribution in [3.05, 3.63) is 58.5 Å². The number of carbonyl (C=O) groups is 2. The summed E-state index contributed by atoms with van der Waals surface area (Å²) in [6.07, 6.45) is 9.22. The van der Waals surface area contributed by atoms with E-state index in [0.29, 0.717) is 32.1 Å². The van der Waals surface area contributed by atoms with E-state index >= 15 is 0 Å². The molecule has 2 aromatic rings. The number of hydrogen-bond acceptors (Lipinski definition) is 6. The smallest absolute Gasteiger partial charge is 0.305 e. The van der Waals surface area contributed by atoms with Gasteiger partial charge in [-0.15, -0.1) is 11.3 Å². The van der Waals surface area contributed by atoms with Crippen molar-refractivity contribution >= 4 is 44.8 Å². The van der Waals surface area contributed by atoms with Gasteiger partial charge in [-0.1, -0.05) is 54.1 Å². The topological polar surface area (TPSA) is 83.8 Å². The number of halogens is 1. The Hall–Kier alpha value is -1.99. The normalized spacial score (nSPS) is 22.5. The first-order valence-electron chi connectivity index (χ1n) is 11.9. The molecule has 1 saturated carbocycles. The monoisotopic (exact) mass is 491 g/mol. The quantitative estimate of drug-likeness (QED) is 0.254. The fraction of sp³-hybridized carbons (Fsp3) is 0.462. The number of rotatable bonds is 11. The minimum Gasteiger partial charge on any atom is -0.469 e. The summed E-state index contributed by atoms with van der Waals surface area (Å²) in [6, 6.07) is 7.97. The third-order valence-corrected chi connectivity index (χ3v) is 7.80. The molecule has 1 heterocycles. The summed E-state index contributed by atoms with van der Waals surface area (Å²) < 4.78 is 12.5. The zero-order valence-electron chi connectivity index (χ0n) is 19.5. The molecule has 3 rings (SSSR count). The van der Waals surface area contributed by atoms with Gasteiger partial charge < -0.3 is 14.9 Å². The Balaban J connectivity index is 1.49. The number of aliphatic hydroxyl groups excluding tert-OH is 2. The molecule has 0 radical (unpaired) electrons. The maximum Gasteiger partial charge on any atom is 0.305 e. The van der Waals surface area contributed by atoms with Crippen molar-refractivity contribution in [3.63, 3.8) is 0 Å². The van der Waals surface area contributed by atoms with Crippen LogP contribution in [0.1, 0.15) is 44.8 Å². The lowest BCUT2D eigenvalue weighted by atomic mass is 9.90. The summed E-state index contributed by atoms with van der Waals surface area (Å²) in [6.45, 7) is 0. The van der Waals surface area contributed by atoms with E-state index in [1.165, 1.54) is 0 Å². The molecular weight excluding hydrogens is 460 g/mol. The minimum absolute atomic E-state index is 0.0253. The van der Waals surface area contributed by atoms with Gasteiger partial charge in [0.1, 0.15) is 5.78 Å². The van der Waals surface area contributed by atoms with Crippen LogP contribution < -0.4 is 0 Å². The minimum atomic E-state index is -0.744. The number of fused-ring (bicyclic) bond motifs is 1. The number of methoxy groups -OCH3 is 1. The highest BCUT2D eigenvalue weighted by molar-refractivity contribution is 7.19. The highest BCUT2D eigenvalue weighted by Crippen LogP contribution is 2.36. The van der Waals surface area contributed by atoms with Gasteiger partial charge in [0.2, 0.25) is 0 Å². The molecule has 0 aliphatic heterocycles. The molecule has 0 bridgehead atoms. The van der Waals surface area contributed by atoms with Crippen molar-refractivity contribution in [3.8, 4) is 0 Å². The summed E-state index contributed by atoms with van der Waals surface area (Å²) in [4.78, 5) is 24.7. The summed E-state index contributed by atoms with van der Waals surface area (Å²) in [5.41, 5.74) is 0. The maximum atomic E-state index is 12.4. The zero-order valence-corrected chi connectivity index (χ0v) is 20.1. The molecule has 5 nitrogen and oxygen atoms in total. The second kappa shape index (κ2) is 12.5. The number of thiophene rings is 1. The molecule has 33 heavy (non-hydrogen) atoms. The molecular formula is C26H31ClO5S. The second-order valence-corrected chi connectivity index (χ2v) is 9.88. The number of ether oxygens (including phenoxy) is 1. The van der Waals surface area contributed by atoms with E-state index in [-0.39, 0.29) is 43.5 Å². The number of esters is 1. The molecule has 7 heteroatoms. The van der Waals surface area contributed by atoms with Crippen molar-refractivity contribution in [1.82, 2.24) is 0 Å². The molecule has 1 aliphatic carbocycles. The van der Waals surface area contributed by atoms with Crippen molar-refractivity contribution in [2.75, 3.05) is 7.09 Å². The van der Waals surface area contributed by atoms with Gasteiger partial charge in [0.05, 0.1) is 25.7 Å². The number of aryl methyl sites for hydroxylation is 1. The van der Waals surface area contributed by atoms with Gasteiger partial charge in [0, 0.05) is 39.6 Å². The highest BCUT2D eigenvalue weighted by Gasteiger charge is 2.39. The van der Waals surface area contributed by atoms with Gasteiger partial charge in [-0.05, 0) is 38.2 Å². The van der Waals surface area contributed by atoms with Crippen molar-refractivity contribution in [2.45, 2.75) is 57.2 Å². The third-order valence-electron chi connectivity index (χ3n) is 6.03. The van der Waals surface area contributed by atoms with Crippen molar-refractivity contribution < 1.29 is 25.9 Å². The van der Waals surface area contributed by atoms with Gasteiger partial charge in [-0.2, -0.15) is 0 Å². The molecule has 2 N–H and O–H groups in total. The van der Waals surface area contributed by atoms with E-state index in [9.17, 15) is 19.8 Å². The van der Waals surface area contributed by atoms with E-state index in [0.717, 1.165) is 20.0 Å². The number of benzene rings is 1. The number of ketones is 1. The number of Topliss-reactive ketones (excluding diaryl/α,β-unsaturated/α-hetero) is 1. The van der Waals surface area contributed by atoms with Crippen LogP contribution in [0.4, 0.5) is 0 Å². The lowest BCUT2D eigenvalue weighted by Crippen LogP contribution is -2.19. The third kappa shape index (κ3) is 7.00. The van der Waals surface area contributed by atoms with E-state index in [1.54, 1.807) is 23.5 Å². The molecule has 0 spiro atoms. The van der Waals surface area contributed by atoms with Gasteiger partial charge in [-0.25, -0.2) is 0 Å². The zero-order chi connectivity index (χ0) is 24.5. The molecule has 0 amide bonds. The standard InChI is InChI=1S/C26H31ClO5S/c1-32-25(31)11-5-3-2-4-8-18-19(22(30)16-21(18)29)14-12-17(28)13-15-24-26(27)20-9-6-7-10-23(20)33-24/h2,4,6-7,9-10,12,14,17-19,22,28,30H,3,5,8,11,13,15-16H2,1H3/b4-2-,14-12+/t17?,18-,19-,22-/m1/s1/i1D. The number of carbonyl (C=O) groups excluding carboxylic acids is 2. The van der Waals surface area contributed by atoms with Gasteiger partial charge in [0.25, 0.3) is 0 Å². The van der Waals surface area contributed by atoms with Crippen LogP contribution in [0.2, 0.25) is 5.02 Å². The van der Waals surface area contributed by atoms with Crippen LogP contribution in [0.25, 0.3) is 10.1 Å². The lowest BCUT2D eigenvalue weighted by molar-refractivity contribution is -0.140. The second-order valence-electron chi connectivity index (χ2n) is 8.36. The van der Waals surface area contributed by atoms with Gasteiger partial charge in [0.15, 0.2) is 0 Å². The fourth-order valence-corrected chi connectivity index (χ4v) is 5.72. The Morgan fingerprint density at radius 3 is 3.00 bits per heavy atom. The van der Waals surface area contributed by atoms with E-state index < -0.39 is 12.2 Å². The summed E-state index contributed by atoms with van der Waals surface area (Å²) in [5.74, 6) is -1.000. The number of unbranched alkanes of at least 4 members (excludes halogenated alkanes) is 1. The molecule has 0 saturated heterocycles. The van der Waals surface area contributed by atoms with Crippen LogP contribution in [0.3, 0.4) is 0 Å². The van der Waals surface area contributed by atoms with Gasteiger partial charge >= 0.3 is 5.97 Å². The largest absolute Gasteiger partial charge is 0.469 e. The Kier molecular flexibility index (Phi) is 9.12. The Labute approximate surface area is 205 Å². The average Bonchev–Trinajstić information content (AvgIpc) is 3.28. The molecule has 1 aromatic carbocycles. The molecule has 1 aliphatic rings. The molecule has 1 unspecified atom stereocenters. The fourth-order valence-electron chi connectivity index (χ4n) is 4.18. The van der Waals surface area contributed by atoms with E-state index in [2.05, 4.69) is 4.74 Å². The average molecular weight is 492 g/mol. The first-order chi connectivity index (χ1) is 16.4. The summed E-state index contributed by atoms with van der Waals surface area (Å²) >= 11 is 8.12. The molecule has 4 atom stereocenters. The van der Waals surface area contributed by atoms with Crippen LogP contribution in [0.5, 0.6) is 0 Å². The lowest BCUT2D eigenvalue weighted by Gasteiger charge is -2.16. The van der Waals surface area contributed by atoms with E-state index in [4.69, 9.17) is 13.0 Å². The number of allylic oxidation sites excluding steroid dienone is 2. The number of hydrogen-bond donors (Lipinski definition) is 2. The predicted molar refractivity (Wildman–Crippen MR) is 133 cm³/mol. The Morgan fingerprint density at radius 1 is 1.39 bits per heavy atom. The van der Waals surface area contributed by atoms with Crippen LogP contribution in [-0.4, -0.2) is 41.3 Å². The maximum absolute atomic E-state index is 12.4. The summed E-state index contributed by atoms with van der Waals surface area (Å²) in [7, 11) is -0.358. The Morgan fingerprint density at radius 2 is 2.21 bits per heavy atom. The predicted octanol–water partition coefficient (Wildman–Crippen LogP) is 5.26. The van der Waals surface area contributed by atoms with Crippen LogP contribution in [-0.2, 0) is 20.7 Å². The number of aliphatic hydroxyl groups is 2. The van der Waals surface area contributed by atoms with Crippen LogP contribution >= 0.6 is 22.9 Å². The highest BCUT2D eigenvalue weighted by atomic mass is 35.5. The molecule has 1 fully saturated rings. The van der Waals surface area contributed by atoms with Gasteiger partial charge in [-0.3, -0.25) is 9.59 Å². The SMILES string of the molecule is [2H]COC(=O)CCC/C=C\C[C@H]1C(=O)C[C@@H](O)[C@@H]1/C=C/C(O)CCc1sc2ccccc2c1Cl.